The summed E-state index contributed by atoms with van der Waals surface area (Å²) in [6.45, 7) is 10.1. The summed E-state index contributed by atoms with van der Waals surface area (Å²) in [5.74, 6) is 0.132. The zero-order valence-corrected chi connectivity index (χ0v) is 15.3. The molecule has 0 saturated carbocycles. The lowest BCUT2D eigenvalue weighted by Crippen LogP contribution is -2.42. The van der Waals surface area contributed by atoms with Crippen molar-refractivity contribution < 1.29 is 14.0 Å². The van der Waals surface area contributed by atoms with E-state index < -0.39 is 11.9 Å². The molecular weight excluding hydrogens is 318 g/mol. The standard InChI is InChI=1S/C19H23N3O3/c1-10-8-11(2)16(12(3)9-10)22-7-6-15(19(22)24)21-18(23)17-13(4)20-14(5)25-17/h8-9,15H,6-7H2,1-5H3,(H,21,23)/t15-/m0/s1. The average molecular weight is 341 g/mol. The molecule has 1 N–H and O–H groups in total. The molecule has 25 heavy (non-hydrogen) atoms. The van der Waals surface area contributed by atoms with Gasteiger partial charge in [-0.15, -0.1) is 0 Å². The van der Waals surface area contributed by atoms with Crippen molar-refractivity contribution in [1.82, 2.24) is 10.3 Å². The van der Waals surface area contributed by atoms with Crippen LogP contribution >= 0.6 is 0 Å². The van der Waals surface area contributed by atoms with Crippen molar-refractivity contribution in [3.8, 4) is 0 Å². The van der Waals surface area contributed by atoms with Crippen molar-refractivity contribution in [3.05, 3.63) is 46.2 Å². The fraction of sp³-hybridized carbons (Fsp3) is 0.421. The van der Waals surface area contributed by atoms with Gasteiger partial charge in [0.05, 0.1) is 5.69 Å². The van der Waals surface area contributed by atoms with Crippen molar-refractivity contribution in [1.29, 1.82) is 0 Å². The van der Waals surface area contributed by atoms with Crippen LogP contribution in [0.2, 0.25) is 0 Å². The molecule has 1 fully saturated rings. The summed E-state index contributed by atoms with van der Waals surface area (Å²) in [5, 5.41) is 2.79. The van der Waals surface area contributed by atoms with E-state index in [9.17, 15) is 9.59 Å². The quantitative estimate of drug-likeness (QED) is 0.931. The first-order valence-electron chi connectivity index (χ1n) is 8.42. The molecule has 2 aromatic rings. The molecule has 1 atom stereocenters. The molecule has 0 bridgehead atoms. The highest BCUT2D eigenvalue weighted by molar-refractivity contribution is 6.04. The van der Waals surface area contributed by atoms with Crippen molar-refractivity contribution in [3.63, 3.8) is 0 Å². The van der Waals surface area contributed by atoms with Gasteiger partial charge < -0.3 is 14.6 Å². The summed E-state index contributed by atoms with van der Waals surface area (Å²) >= 11 is 0. The maximum atomic E-state index is 12.8. The number of aryl methyl sites for hydroxylation is 5. The minimum absolute atomic E-state index is 0.0858. The lowest BCUT2D eigenvalue weighted by atomic mass is 10.0. The predicted molar refractivity (Wildman–Crippen MR) is 94.9 cm³/mol. The van der Waals surface area contributed by atoms with Crippen LogP contribution in [-0.4, -0.2) is 29.4 Å². The van der Waals surface area contributed by atoms with Crippen LogP contribution in [0.5, 0.6) is 0 Å². The number of nitrogens with zero attached hydrogens (tertiary/aromatic N) is 2. The van der Waals surface area contributed by atoms with E-state index in [2.05, 4.69) is 22.4 Å². The summed E-state index contributed by atoms with van der Waals surface area (Å²) in [6, 6.07) is 3.60. The number of nitrogens with one attached hydrogen (secondary N) is 1. The zero-order chi connectivity index (χ0) is 18.3. The van der Waals surface area contributed by atoms with Gasteiger partial charge in [-0.2, -0.15) is 0 Å². The number of hydrogen-bond acceptors (Lipinski definition) is 4. The van der Waals surface area contributed by atoms with Crippen LogP contribution in [0.15, 0.2) is 16.5 Å². The Hall–Kier alpha value is -2.63. The second-order valence-electron chi connectivity index (χ2n) is 6.70. The van der Waals surface area contributed by atoms with Gasteiger partial charge in [-0.25, -0.2) is 4.98 Å². The molecule has 132 valence electrons. The first-order chi connectivity index (χ1) is 11.8. The van der Waals surface area contributed by atoms with Crippen molar-refractivity contribution >= 4 is 17.5 Å². The molecule has 3 rings (SSSR count). The average Bonchev–Trinajstić information content (AvgIpc) is 3.02. The number of anilines is 1. The number of carbonyl (C=O) groups excluding carboxylic acids is 2. The van der Waals surface area contributed by atoms with E-state index in [0.717, 1.165) is 16.8 Å². The summed E-state index contributed by atoms with van der Waals surface area (Å²) in [4.78, 5) is 31.1. The number of carbonyl (C=O) groups is 2. The third kappa shape index (κ3) is 3.16. The molecule has 1 saturated heterocycles. The van der Waals surface area contributed by atoms with Gasteiger partial charge in [0.2, 0.25) is 11.7 Å². The van der Waals surface area contributed by atoms with E-state index in [1.54, 1.807) is 18.7 Å². The highest BCUT2D eigenvalue weighted by Gasteiger charge is 2.35. The Labute approximate surface area is 147 Å². The van der Waals surface area contributed by atoms with Crippen LogP contribution in [0.1, 0.15) is 45.3 Å². The third-order valence-electron chi connectivity index (χ3n) is 4.53. The van der Waals surface area contributed by atoms with Gasteiger partial charge in [0, 0.05) is 19.2 Å². The maximum Gasteiger partial charge on any atom is 0.289 e. The summed E-state index contributed by atoms with van der Waals surface area (Å²) in [5.41, 5.74) is 4.78. The van der Waals surface area contributed by atoms with Crippen LogP contribution in [0.4, 0.5) is 5.69 Å². The minimum Gasteiger partial charge on any atom is -0.436 e. The van der Waals surface area contributed by atoms with E-state index in [4.69, 9.17) is 4.42 Å². The van der Waals surface area contributed by atoms with E-state index in [1.165, 1.54) is 5.56 Å². The first-order valence-corrected chi connectivity index (χ1v) is 8.42. The second kappa shape index (κ2) is 6.35. The summed E-state index contributed by atoms with van der Waals surface area (Å²) in [6.07, 6.45) is 0.573. The fourth-order valence-electron chi connectivity index (χ4n) is 3.60. The second-order valence-corrected chi connectivity index (χ2v) is 6.70. The Morgan fingerprint density at radius 1 is 1.20 bits per heavy atom. The number of benzene rings is 1. The smallest absolute Gasteiger partial charge is 0.289 e. The van der Waals surface area contributed by atoms with Crippen LogP contribution in [0.25, 0.3) is 0 Å². The number of oxazole rings is 1. The molecule has 6 heteroatoms. The molecule has 0 spiro atoms. The lowest BCUT2D eigenvalue weighted by molar-refractivity contribution is -0.118. The SMILES string of the molecule is Cc1cc(C)c(N2CC[C@H](NC(=O)c3oc(C)nc3C)C2=O)c(C)c1. The van der Waals surface area contributed by atoms with E-state index in [-0.39, 0.29) is 11.7 Å². The Bertz CT molecular complexity index is 831. The van der Waals surface area contributed by atoms with Gasteiger partial charge in [0.15, 0.2) is 5.89 Å². The normalized spacial score (nSPS) is 17.2. The van der Waals surface area contributed by atoms with Gasteiger partial charge in [-0.1, -0.05) is 17.7 Å². The molecule has 0 aliphatic carbocycles. The van der Waals surface area contributed by atoms with Crippen LogP contribution in [0, 0.1) is 34.6 Å². The lowest BCUT2D eigenvalue weighted by Gasteiger charge is -2.22. The van der Waals surface area contributed by atoms with Gasteiger partial charge in [0.25, 0.3) is 5.91 Å². The summed E-state index contributed by atoms with van der Waals surface area (Å²) in [7, 11) is 0. The highest BCUT2D eigenvalue weighted by atomic mass is 16.4. The molecule has 0 radical (unpaired) electrons. The molecule has 1 aromatic carbocycles. The van der Waals surface area contributed by atoms with Crippen molar-refractivity contribution in [2.75, 3.05) is 11.4 Å². The van der Waals surface area contributed by atoms with Crippen LogP contribution in [-0.2, 0) is 4.79 Å². The van der Waals surface area contributed by atoms with Crippen molar-refractivity contribution in [2.45, 2.75) is 47.1 Å². The Morgan fingerprint density at radius 3 is 2.40 bits per heavy atom. The molecule has 1 aromatic heterocycles. The molecule has 1 aliphatic heterocycles. The van der Waals surface area contributed by atoms with E-state index >= 15 is 0 Å². The van der Waals surface area contributed by atoms with Gasteiger partial charge in [0.1, 0.15) is 6.04 Å². The maximum absolute atomic E-state index is 12.8. The fourth-order valence-corrected chi connectivity index (χ4v) is 3.60. The number of rotatable bonds is 3. The predicted octanol–water partition coefficient (Wildman–Crippen LogP) is 2.75. The molecule has 1 aliphatic rings. The van der Waals surface area contributed by atoms with E-state index in [0.29, 0.717) is 24.6 Å². The molecule has 2 amide bonds. The molecule has 2 heterocycles. The van der Waals surface area contributed by atoms with Crippen molar-refractivity contribution in [2.24, 2.45) is 0 Å². The topological polar surface area (TPSA) is 75.4 Å². The molecular formula is C19H23N3O3. The highest BCUT2D eigenvalue weighted by Crippen LogP contribution is 2.30. The first kappa shape index (κ1) is 17.2. The zero-order valence-electron chi connectivity index (χ0n) is 15.3. The molecule has 6 nitrogen and oxygen atoms in total. The monoisotopic (exact) mass is 341 g/mol. The van der Waals surface area contributed by atoms with Gasteiger partial charge in [-0.3, -0.25) is 9.59 Å². The Balaban J connectivity index is 1.79. The summed E-state index contributed by atoms with van der Waals surface area (Å²) < 4.78 is 5.34. The van der Waals surface area contributed by atoms with Gasteiger partial charge in [-0.05, 0) is 45.2 Å². The third-order valence-corrected chi connectivity index (χ3v) is 4.53. The Morgan fingerprint density at radius 2 is 1.84 bits per heavy atom. The largest absolute Gasteiger partial charge is 0.436 e. The minimum atomic E-state index is -0.544. The molecule has 0 unspecified atom stereocenters. The Kier molecular flexibility index (Phi) is 4.37. The van der Waals surface area contributed by atoms with Gasteiger partial charge >= 0.3 is 0 Å². The number of aromatic nitrogens is 1. The number of amides is 2. The van der Waals surface area contributed by atoms with Crippen LogP contribution < -0.4 is 10.2 Å². The van der Waals surface area contributed by atoms with Crippen LogP contribution in [0.3, 0.4) is 0 Å². The number of hydrogen-bond donors (Lipinski definition) is 1. The van der Waals surface area contributed by atoms with E-state index in [1.807, 2.05) is 20.8 Å².